The fraction of sp³-hybridized carbons (Fsp3) is 0.188. The smallest absolute Gasteiger partial charge is 0.293 e. The molecule has 0 atom stereocenters. The molecular weight excluding hydrogens is 510 g/mol. The first-order chi connectivity index (χ1) is 19.0. The minimum absolute atomic E-state index is 0.168. The van der Waals surface area contributed by atoms with Crippen LogP contribution in [0.25, 0.3) is 16.8 Å². The van der Waals surface area contributed by atoms with E-state index in [-0.39, 0.29) is 24.3 Å². The van der Waals surface area contributed by atoms with Gasteiger partial charge in [0.1, 0.15) is 19.0 Å². The topological polar surface area (TPSA) is 65.1 Å². The molecule has 4 aromatic rings. The van der Waals surface area contributed by atoms with E-state index >= 15 is 0 Å². The van der Waals surface area contributed by atoms with Gasteiger partial charge in [-0.25, -0.2) is 0 Å². The second kappa shape index (κ2) is 12.1. The Labute approximate surface area is 232 Å². The summed E-state index contributed by atoms with van der Waals surface area (Å²) in [6.07, 6.45) is 1.71. The van der Waals surface area contributed by atoms with Gasteiger partial charge in [0.25, 0.3) is 11.1 Å². The third-order valence-electron chi connectivity index (χ3n) is 6.28. The molecule has 0 bridgehead atoms. The fourth-order valence-corrected chi connectivity index (χ4v) is 5.12. The van der Waals surface area contributed by atoms with Crippen LogP contribution in [-0.4, -0.2) is 35.8 Å². The number of thioether (sulfide) groups is 1. The van der Waals surface area contributed by atoms with Gasteiger partial charge in [-0.3, -0.25) is 14.5 Å². The molecule has 0 aromatic heterocycles. The average Bonchev–Trinajstić information content (AvgIpc) is 3.21. The van der Waals surface area contributed by atoms with Crippen molar-refractivity contribution in [3.05, 3.63) is 107 Å². The number of hydrogen-bond acceptors (Lipinski definition) is 6. The highest BCUT2D eigenvalue weighted by molar-refractivity contribution is 8.18. The molecule has 39 heavy (non-hydrogen) atoms. The number of amides is 2. The highest BCUT2D eigenvalue weighted by Gasteiger charge is 2.34. The van der Waals surface area contributed by atoms with Crippen molar-refractivity contribution in [2.24, 2.45) is 0 Å². The molecule has 4 aromatic carbocycles. The van der Waals surface area contributed by atoms with E-state index in [0.29, 0.717) is 29.6 Å². The summed E-state index contributed by atoms with van der Waals surface area (Å²) in [5, 5.41) is 1.75. The fourth-order valence-electron chi connectivity index (χ4n) is 4.26. The van der Waals surface area contributed by atoms with E-state index < -0.39 is 0 Å². The van der Waals surface area contributed by atoms with Gasteiger partial charge in [-0.15, -0.1) is 0 Å². The molecule has 1 aliphatic rings. The van der Waals surface area contributed by atoms with Gasteiger partial charge in [0.2, 0.25) is 0 Å². The number of benzene rings is 4. The van der Waals surface area contributed by atoms with Gasteiger partial charge < -0.3 is 14.2 Å². The Kier molecular flexibility index (Phi) is 8.18. The third-order valence-corrected chi connectivity index (χ3v) is 7.18. The minimum Gasteiger partial charge on any atom is -0.491 e. The van der Waals surface area contributed by atoms with Crippen molar-refractivity contribution in [1.82, 2.24) is 4.90 Å². The summed E-state index contributed by atoms with van der Waals surface area (Å²) in [7, 11) is 0. The van der Waals surface area contributed by atoms with Crippen LogP contribution in [0, 0.1) is 6.92 Å². The maximum Gasteiger partial charge on any atom is 0.293 e. The molecule has 0 aliphatic carbocycles. The molecule has 6 nitrogen and oxygen atoms in total. The monoisotopic (exact) mass is 539 g/mol. The number of carbonyl (C=O) groups is 2. The Bertz CT molecular complexity index is 1520. The number of aryl methyl sites for hydroxylation is 1. The van der Waals surface area contributed by atoms with Gasteiger partial charge in [0, 0.05) is 5.39 Å². The lowest BCUT2D eigenvalue weighted by Crippen LogP contribution is -2.32. The lowest BCUT2D eigenvalue weighted by atomic mass is 10.1. The van der Waals surface area contributed by atoms with Crippen LogP contribution in [0.2, 0.25) is 0 Å². The quantitative estimate of drug-likeness (QED) is 0.198. The maximum atomic E-state index is 13.0. The third kappa shape index (κ3) is 6.26. The van der Waals surface area contributed by atoms with Crippen LogP contribution in [0.4, 0.5) is 4.79 Å². The summed E-state index contributed by atoms with van der Waals surface area (Å²) in [4.78, 5) is 27.3. The van der Waals surface area contributed by atoms with E-state index in [1.807, 2.05) is 98.8 Å². The van der Waals surface area contributed by atoms with E-state index in [1.54, 1.807) is 6.08 Å². The van der Waals surface area contributed by atoms with Crippen LogP contribution in [0.1, 0.15) is 23.6 Å². The molecule has 7 heteroatoms. The normalized spacial score (nSPS) is 14.3. The van der Waals surface area contributed by atoms with E-state index in [4.69, 9.17) is 14.2 Å². The van der Waals surface area contributed by atoms with Crippen molar-refractivity contribution < 1.29 is 23.8 Å². The molecule has 198 valence electrons. The van der Waals surface area contributed by atoms with E-state index in [9.17, 15) is 9.59 Å². The standard InChI is InChI=1S/C32H29NO5S/c1-3-36-29-19-24(15-16-28(29)38-21-23-13-11-22(2)12-14-23)20-30-31(34)33(32(35)39-30)17-18-37-27-10-6-8-25-7-4-5-9-26(25)27/h4-16,19-20H,3,17-18,21H2,1-2H3/b30-20-. The van der Waals surface area contributed by atoms with Crippen LogP contribution < -0.4 is 14.2 Å². The van der Waals surface area contributed by atoms with Gasteiger partial charge in [-0.1, -0.05) is 72.3 Å². The summed E-state index contributed by atoms with van der Waals surface area (Å²) >= 11 is 0.928. The number of hydrogen-bond donors (Lipinski definition) is 0. The average molecular weight is 540 g/mol. The first-order valence-electron chi connectivity index (χ1n) is 12.8. The number of fused-ring (bicyclic) bond motifs is 1. The van der Waals surface area contributed by atoms with Crippen molar-refractivity contribution in [3.8, 4) is 17.2 Å². The molecule has 0 saturated carbocycles. The first-order valence-corrected chi connectivity index (χ1v) is 13.6. The van der Waals surface area contributed by atoms with E-state index in [0.717, 1.165) is 39.4 Å². The molecule has 5 rings (SSSR count). The molecular formula is C32H29NO5S. The first kappa shape index (κ1) is 26.4. The Morgan fingerprint density at radius 1 is 0.821 bits per heavy atom. The number of nitrogens with zero attached hydrogens (tertiary/aromatic N) is 1. The van der Waals surface area contributed by atoms with Gasteiger partial charge in [0.15, 0.2) is 11.5 Å². The number of imide groups is 1. The predicted octanol–water partition coefficient (Wildman–Crippen LogP) is 7.24. The molecule has 1 fully saturated rings. The number of carbonyl (C=O) groups excluding carboxylic acids is 2. The van der Waals surface area contributed by atoms with Crippen LogP contribution in [0.3, 0.4) is 0 Å². The molecule has 1 heterocycles. The zero-order chi connectivity index (χ0) is 27.2. The lowest BCUT2D eigenvalue weighted by Gasteiger charge is -2.14. The SMILES string of the molecule is CCOc1cc(/C=C2\SC(=O)N(CCOc3cccc4ccccc34)C2=O)ccc1OCc1ccc(C)cc1. The summed E-state index contributed by atoms with van der Waals surface area (Å²) in [6, 6.07) is 27.4. The molecule has 1 aliphatic heterocycles. The molecule has 0 N–H and O–H groups in total. The maximum absolute atomic E-state index is 13.0. The lowest BCUT2D eigenvalue weighted by molar-refractivity contribution is -0.123. The molecule has 2 amide bonds. The Morgan fingerprint density at radius 3 is 2.44 bits per heavy atom. The molecule has 0 spiro atoms. The Morgan fingerprint density at radius 2 is 1.62 bits per heavy atom. The number of ether oxygens (including phenoxy) is 3. The Balaban J connectivity index is 1.24. The summed E-state index contributed by atoms with van der Waals surface area (Å²) < 4.78 is 17.8. The second-order valence-corrected chi connectivity index (χ2v) is 10.1. The van der Waals surface area contributed by atoms with Gasteiger partial charge >= 0.3 is 0 Å². The van der Waals surface area contributed by atoms with Crippen molar-refractivity contribution in [2.75, 3.05) is 19.8 Å². The van der Waals surface area contributed by atoms with Crippen LogP contribution in [0.5, 0.6) is 17.2 Å². The minimum atomic E-state index is -0.329. The highest BCUT2D eigenvalue weighted by Crippen LogP contribution is 2.35. The summed E-state index contributed by atoms with van der Waals surface area (Å²) in [5.74, 6) is 1.60. The van der Waals surface area contributed by atoms with Crippen LogP contribution in [-0.2, 0) is 11.4 Å². The summed E-state index contributed by atoms with van der Waals surface area (Å²) in [5.41, 5.74) is 3.00. The van der Waals surface area contributed by atoms with Gasteiger partial charge in [-0.2, -0.15) is 0 Å². The van der Waals surface area contributed by atoms with Crippen molar-refractivity contribution in [1.29, 1.82) is 0 Å². The van der Waals surface area contributed by atoms with Crippen molar-refractivity contribution in [2.45, 2.75) is 20.5 Å². The largest absolute Gasteiger partial charge is 0.491 e. The van der Waals surface area contributed by atoms with E-state index in [1.165, 1.54) is 10.5 Å². The molecule has 0 radical (unpaired) electrons. The zero-order valence-electron chi connectivity index (χ0n) is 21.9. The van der Waals surface area contributed by atoms with Crippen LogP contribution >= 0.6 is 11.8 Å². The van der Waals surface area contributed by atoms with Crippen LogP contribution in [0.15, 0.2) is 89.8 Å². The highest BCUT2D eigenvalue weighted by atomic mass is 32.2. The molecule has 0 unspecified atom stereocenters. The van der Waals surface area contributed by atoms with Crippen molar-refractivity contribution in [3.63, 3.8) is 0 Å². The summed E-state index contributed by atoms with van der Waals surface area (Å²) in [6.45, 7) is 5.21. The number of rotatable bonds is 10. The molecule has 1 saturated heterocycles. The second-order valence-electron chi connectivity index (χ2n) is 9.07. The Hall–Kier alpha value is -4.23. The predicted molar refractivity (Wildman–Crippen MR) is 155 cm³/mol. The van der Waals surface area contributed by atoms with Gasteiger partial charge in [0.05, 0.1) is 18.1 Å². The zero-order valence-corrected chi connectivity index (χ0v) is 22.7. The van der Waals surface area contributed by atoms with E-state index in [2.05, 4.69) is 0 Å². The van der Waals surface area contributed by atoms with Crippen molar-refractivity contribution >= 4 is 39.8 Å². The van der Waals surface area contributed by atoms with Gasteiger partial charge in [-0.05, 0) is 66.4 Å².